The Morgan fingerprint density at radius 1 is 0.595 bits per heavy atom. The van der Waals surface area contributed by atoms with Gasteiger partial charge < -0.3 is 4.74 Å². The van der Waals surface area contributed by atoms with Crippen molar-refractivity contribution in [3.05, 3.63) is 108 Å². The average molecular weight is 492 g/mol. The maximum absolute atomic E-state index is 6.27. The quantitative estimate of drug-likeness (QED) is 0.129. The molecule has 0 radical (unpaired) electrons. The lowest BCUT2D eigenvalue weighted by Gasteiger charge is -2.06. The Morgan fingerprint density at radius 3 is 1.89 bits per heavy atom. The van der Waals surface area contributed by atoms with Crippen molar-refractivity contribution >= 4 is 12.2 Å². The fraction of sp³-hybridized carbons (Fsp3) is 0.286. The van der Waals surface area contributed by atoms with Crippen LogP contribution in [0, 0.1) is 0 Å². The largest absolute Gasteiger partial charge is 0.494 e. The predicted octanol–water partition coefficient (Wildman–Crippen LogP) is 10.6. The molecule has 190 valence electrons. The number of benzene rings is 3. The Morgan fingerprint density at radius 2 is 1.22 bits per heavy atom. The van der Waals surface area contributed by atoms with Crippen molar-refractivity contribution in [1.29, 1.82) is 0 Å². The molecule has 0 bridgehead atoms. The van der Waals surface area contributed by atoms with Gasteiger partial charge in [0.25, 0.3) is 0 Å². The Bertz CT molecular complexity index is 1150. The number of rotatable bonds is 14. The minimum atomic E-state index is 0.789. The van der Waals surface area contributed by atoms with E-state index in [4.69, 9.17) is 9.15 Å². The van der Waals surface area contributed by atoms with E-state index in [2.05, 4.69) is 85.8 Å². The van der Waals surface area contributed by atoms with Crippen molar-refractivity contribution in [3.63, 3.8) is 0 Å². The molecule has 0 N–H and O–H groups in total. The standard InChI is InChI=1S/C35H39O2/c1-2-3-4-5-6-7-8-15-26-36-33-23-20-29(21-24-33)22-25-34-27-32(30-16-11-9-12-17-30)28-35(37-34)31-18-13-10-14-19-31/h9-14,16-25,27-28H,2-8,15,26H2,1H3/q+1/b25-22+. The molecule has 0 fully saturated rings. The molecule has 0 amide bonds. The third-order valence-electron chi connectivity index (χ3n) is 6.56. The molecule has 0 aliphatic rings. The molecule has 0 aliphatic heterocycles. The van der Waals surface area contributed by atoms with Crippen LogP contribution in [-0.2, 0) is 0 Å². The van der Waals surface area contributed by atoms with E-state index in [9.17, 15) is 0 Å². The van der Waals surface area contributed by atoms with Gasteiger partial charge in [0, 0.05) is 11.6 Å². The van der Waals surface area contributed by atoms with Crippen LogP contribution >= 0.6 is 0 Å². The summed E-state index contributed by atoms with van der Waals surface area (Å²) >= 11 is 0. The second-order valence-electron chi connectivity index (χ2n) is 9.57. The fourth-order valence-corrected chi connectivity index (χ4v) is 4.43. The molecule has 2 nitrogen and oxygen atoms in total. The van der Waals surface area contributed by atoms with Crippen LogP contribution in [0.5, 0.6) is 5.75 Å². The SMILES string of the molecule is CCCCCCCCCCOc1ccc(/C=C/c2cc(-c3ccccc3)cc(-c3ccccc3)[o+]2)cc1. The van der Waals surface area contributed by atoms with Gasteiger partial charge in [0.1, 0.15) is 5.75 Å². The van der Waals surface area contributed by atoms with E-state index in [1.54, 1.807) is 0 Å². The second-order valence-corrected chi connectivity index (χ2v) is 9.57. The van der Waals surface area contributed by atoms with Gasteiger partial charge in [0.2, 0.25) is 0 Å². The Balaban J connectivity index is 1.35. The van der Waals surface area contributed by atoms with Crippen LogP contribution in [0.2, 0.25) is 0 Å². The number of ether oxygens (including phenoxy) is 1. The van der Waals surface area contributed by atoms with Crippen LogP contribution in [0.15, 0.2) is 101 Å². The molecular weight excluding hydrogens is 452 g/mol. The molecule has 0 saturated carbocycles. The topological polar surface area (TPSA) is 20.5 Å². The predicted molar refractivity (Wildman–Crippen MR) is 157 cm³/mol. The summed E-state index contributed by atoms with van der Waals surface area (Å²) in [5.41, 5.74) is 4.48. The summed E-state index contributed by atoms with van der Waals surface area (Å²) < 4.78 is 12.2. The highest BCUT2D eigenvalue weighted by Crippen LogP contribution is 2.29. The zero-order valence-corrected chi connectivity index (χ0v) is 22.1. The van der Waals surface area contributed by atoms with Crippen LogP contribution in [0.25, 0.3) is 34.6 Å². The molecule has 0 saturated heterocycles. The van der Waals surface area contributed by atoms with Crippen LogP contribution < -0.4 is 4.74 Å². The van der Waals surface area contributed by atoms with E-state index >= 15 is 0 Å². The van der Waals surface area contributed by atoms with Crippen LogP contribution in [0.1, 0.15) is 69.6 Å². The maximum Gasteiger partial charge on any atom is 0.361 e. The molecule has 2 heteroatoms. The average Bonchev–Trinajstić information content (AvgIpc) is 2.96. The van der Waals surface area contributed by atoms with Crippen molar-refractivity contribution in [2.75, 3.05) is 6.61 Å². The number of hydrogen-bond acceptors (Lipinski definition) is 1. The third kappa shape index (κ3) is 8.75. The summed E-state index contributed by atoms with van der Waals surface area (Å²) in [5, 5.41) is 0. The molecule has 0 atom stereocenters. The van der Waals surface area contributed by atoms with Crippen molar-refractivity contribution in [1.82, 2.24) is 0 Å². The van der Waals surface area contributed by atoms with E-state index in [-0.39, 0.29) is 0 Å². The number of unbranched alkanes of at least 4 members (excludes halogenated alkanes) is 7. The van der Waals surface area contributed by atoms with Crippen molar-refractivity contribution in [2.24, 2.45) is 0 Å². The van der Waals surface area contributed by atoms with Gasteiger partial charge in [0.15, 0.2) is 0 Å². The molecule has 0 aliphatic carbocycles. The molecule has 0 spiro atoms. The monoisotopic (exact) mass is 491 g/mol. The zero-order chi connectivity index (χ0) is 25.5. The van der Waals surface area contributed by atoms with E-state index < -0.39 is 0 Å². The van der Waals surface area contributed by atoms with Crippen molar-refractivity contribution in [2.45, 2.75) is 58.3 Å². The van der Waals surface area contributed by atoms with Crippen molar-refractivity contribution < 1.29 is 9.15 Å². The van der Waals surface area contributed by atoms with Crippen LogP contribution in [0.4, 0.5) is 0 Å². The summed E-state index contributed by atoms with van der Waals surface area (Å²) in [5.74, 6) is 2.60. The van der Waals surface area contributed by atoms with Gasteiger partial charge in [-0.2, -0.15) is 0 Å². The first-order valence-electron chi connectivity index (χ1n) is 13.8. The Kier molecular flexibility index (Phi) is 10.6. The second kappa shape index (κ2) is 14.8. The van der Waals surface area contributed by atoms with E-state index in [0.29, 0.717) is 0 Å². The molecule has 4 rings (SSSR count). The van der Waals surface area contributed by atoms with Gasteiger partial charge in [-0.15, -0.1) is 0 Å². The van der Waals surface area contributed by atoms with Crippen molar-refractivity contribution in [3.8, 4) is 28.2 Å². The van der Waals surface area contributed by atoms with E-state index in [0.717, 1.165) is 47.0 Å². The molecule has 1 heterocycles. The lowest BCUT2D eigenvalue weighted by atomic mass is 10.0. The van der Waals surface area contributed by atoms with E-state index in [1.165, 1.54) is 50.5 Å². The molecule has 0 unspecified atom stereocenters. The lowest BCUT2D eigenvalue weighted by molar-refractivity contribution is 0.304. The molecule has 1 aromatic heterocycles. The minimum Gasteiger partial charge on any atom is -0.494 e. The van der Waals surface area contributed by atoms with Gasteiger partial charge in [-0.25, -0.2) is 4.42 Å². The first-order valence-corrected chi connectivity index (χ1v) is 13.8. The summed E-state index contributed by atoms with van der Waals surface area (Å²) in [6.45, 7) is 3.06. The lowest BCUT2D eigenvalue weighted by Crippen LogP contribution is -1.97. The van der Waals surface area contributed by atoms with Gasteiger partial charge in [-0.05, 0) is 47.9 Å². The van der Waals surface area contributed by atoms with Crippen LogP contribution in [-0.4, -0.2) is 6.61 Å². The minimum absolute atomic E-state index is 0.789. The van der Waals surface area contributed by atoms with Gasteiger partial charge in [-0.3, -0.25) is 0 Å². The number of hydrogen-bond donors (Lipinski definition) is 0. The van der Waals surface area contributed by atoms with Gasteiger partial charge in [-0.1, -0.05) is 113 Å². The molecular formula is C35H39O2+. The summed E-state index contributed by atoms with van der Waals surface area (Å²) in [6, 6.07) is 33.2. The Hall–Kier alpha value is -3.65. The normalized spacial score (nSPS) is 11.2. The first-order chi connectivity index (χ1) is 18.3. The maximum atomic E-state index is 6.27. The fourth-order valence-electron chi connectivity index (χ4n) is 4.43. The highest BCUT2D eigenvalue weighted by atomic mass is 16.5. The highest BCUT2D eigenvalue weighted by molar-refractivity contribution is 5.74. The van der Waals surface area contributed by atoms with Gasteiger partial charge in [0.05, 0.1) is 24.3 Å². The summed E-state index contributed by atoms with van der Waals surface area (Å²) in [7, 11) is 0. The summed E-state index contributed by atoms with van der Waals surface area (Å²) in [6.07, 6.45) is 14.6. The zero-order valence-electron chi connectivity index (χ0n) is 22.1. The third-order valence-corrected chi connectivity index (χ3v) is 6.56. The summed E-state index contributed by atoms with van der Waals surface area (Å²) in [4.78, 5) is 0. The molecule has 3 aromatic carbocycles. The van der Waals surface area contributed by atoms with E-state index in [1.807, 2.05) is 30.3 Å². The highest BCUT2D eigenvalue weighted by Gasteiger charge is 2.17. The molecule has 4 aromatic rings. The Labute approximate surface area is 222 Å². The van der Waals surface area contributed by atoms with Crippen LogP contribution in [0.3, 0.4) is 0 Å². The molecule has 37 heavy (non-hydrogen) atoms. The van der Waals surface area contributed by atoms with Gasteiger partial charge >= 0.3 is 11.5 Å². The smallest absolute Gasteiger partial charge is 0.361 e. The first kappa shape index (κ1) is 26.4.